The number of carbonyl (C=O) groups is 2. The molecule has 0 aliphatic carbocycles. The summed E-state index contributed by atoms with van der Waals surface area (Å²) < 4.78 is 18.0. The molecule has 2 amide bonds. The number of amides is 2. The molecule has 0 unspecified atom stereocenters. The van der Waals surface area contributed by atoms with Gasteiger partial charge in [-0.1, -0.05) is 35.5 Å². The smallest absolute Gasteiger partial charge is 0.275 e. The first-order chi connectivity index (χ1) is 12.1. The number of hydrogen-bond donors (Lipinski definition) is 2. The third kappa shape index (κ3) is 3.55. The minimum Gasteiger partial charge on any atom is -0.360 e. The van der Waals surface area contributed by atoms with E-state index in [1.165, 1.54) is 12.1 Å². The molecule has 0 spiro atoms. The van der Waals surface area contributed by atoms with E-state index in [2.05, 4.69) is 16.0 Å². The summed E-state index contributed by atoms with van der Waals surface area (Å²) >= 11 is 0. The Morgan fingerprint density at radius 1 is 0.960 bits per heavy atom. The number of benzene rings is 2. The maximum absolute atomic E-state index is 12.9. The van der Waals surface area contributed by atoms with Crippen LogP contribution in [0.1, 0.15) is 26.5 Å². The Bertz CT molecular complexity index is 905. The zero-order valence-corrected chi connectivity index (χ0v) is 13.2. The van der Waals surface area contributed by atoms with Crippen molar-refractivity contribution in [3.63, 3.8) is 0 Å². The molecule has 1 heterocycles. The standard InChI is InChI=1S/C18H14FN3O3/c1-11-15(16(22-25-11)12-5-3-2-4-6-12)18(24)21-20-17(23)13-7-9-14(19)10-8-13/h2-10H,1H3,(H,20,23)(H,21,24). The molecule has 0 radical (unpaired) electrons. The summed E-state index contributed by atoms with van der Waals surface area (Å²) in [6.07, 6.45) is 0. The summed E-state index contributed by atoms with van der Waals surface area (Å²) in [6, 6.07) is 14.0. The van der Waals surface area contributed by atoms with Crippen LogP contribution in [0.15, 0.2) is 59.1 Å². The van der Waals surface area contributed by atoms with Crippen molar-refractivity contribution in [1.82, 2.24) is 16.0 Å². The molecular formula is C18H14FN3O3. The van der Waals surface area contributed by atoms with Gasteiger partial charge in [0.1, 0.15) is 22.8 Å². The van der Waals surface area contributed by atoms with Gasteiger partial charge < -0.3 is 4.52 Å². The van der Waals surface area contributed by atoms with Crippen LogP contribution in [0.4, 0.5) is 4.39 Å². The zero-order chi connectivity index (χ0) is 17.8. The van der Waals surface area contributed by atoms with Crippen LogP contribution in [0.3, 0.4) is 0 Å². The van der Waals surface area contributed by atoms with Gasteiger partial charge in [0.2, 0.25) is 0 Å². The van der Waals surface area contributed by atoms with Gasteiger partial charge in [0.25, 0.3) is 11.8 Å². The topological polar surface area (TPSA) is 84.2 Å². The second-order valence-electron chi connectivity index (χ2n) is 5.24. The van der Waals surface area contributed by atoms with Gasteiger partial charge in [0, 0.05) is 11.1 Å². The van der Waals surface area contributed by atoms with Gasteiger partial charge in [-0.3, -0.25) is 20.4 Å². The molecule has 6 nitrogen and oxygen atoms in total. The van der Waals surface area contributed by atoms with Crippen molar-refractivity contribution in [1.29, 1.82) is 0 Å². The molecule has 3 rings (SSSR count). The molecule has 1 aromatic heterocycles. The molecule has 0 bridgehead atoms. The van der Waals surface area contributed by atoms with E-state index in [1.807, 2.05) is 18.2 Å². The second kappa shape index (κ2) is 6.96. The van der Waals surface area contributed by atoms with Crippen molar-refractivity contribution >= 4 is 11.8 Å². The minimum absolute atomic E-state index is 0.215. The molecule has 2 aromatic carbocycles. The monoisotopic (exact) mass is 339 g/mol. The number of nitrogens with zero attached hydrogens (tertiary/aromatic N) is 1. The van der Waals surface area contributed by atoms with Crippen molar-refractivity contribution in [2.45, 2.75) is 6.92 Å². The van der Waals surface area contributed by atoms with Gasteiger partial charge in [0.15, 0.2) is 0 Å². The van der Waals surface area contributed by atoms with E-state index in [9.17, 15) is 14.0 Å². The van der Waals surface area contributed by atoms with Gasteiger partial charge >= 0.3 is 0 Å². The number of carbonyl (C=O) groups excluding carboxylic acids is 2. The number of hydrogen-bond acceptors (Lipinski definition) is 4. The number of aryl methyl sites for hydroxylation is 1. The first kappa shape index (κ1) is 16.4. The normalized spacial score (nSPS) is 10.3. The minimum atomic E-state index is -0.566. The Hall–Kier alpha value is -3.48. The van der Waals surface area contributed by atoms with Gasteiger partial charge in [-0.2, -0.15) is 0 Å². The lowest BCUT2D eigenvalue weighted by molar-refractivity contribution is 0.0846. The average Bonchev–Trinajstić information content (AvgIpc) is 3.02. The van der Waals surface area contributed by atoms with Crippen LogP contribution in [-0.2, 0) is 0 Å². The van der Waals surface area contributed by atoms with Crippen molar-refractivity contribution in [2.24, 2.45) is 0 Å². The Morgan fingerprint density at radius 2 is 1.60 bits per heavy atom. The Labute approximate surface area is 142 Å². The summed E-state index contributed by atoms with van der Waals surface area (Å²) in [5.41, 5.74) is 6.14. The van der Waals surface area contributed by atoms with E-state index in [0.717, 1.165) is 17.7 Å². The molecule has 0 saturated heterocycles. The van der Waals surface area contributed by atoms with Crippen LogP contribution >= 0.6 is 0 Å². The summed E-state index contributed by atoms with van der Waals surface area (Å²) in [7, 11) is 0. The van der Waals surface area contributed by atoms with E-state index in [-0.39, 0.29) is 11.1 Å². The summed E-state index contributed by atoms with van der Waals surface area (Å²) in [4.78, 5) is 24.4. The van der Waals surface area contributed by atoms with E-state index in [1.54, 1.807) is 19.1 Å². The highest BCUT2D eigenvalue weighted by atomic mass is 19.1. The molecule has 0 atom stereocenters. The third-order valence-electron chi connectivity index (χ3n) is 3.53. The van der Waals surface area contributed by atoms with Crippen molar-refractivity contribution in [3.05, 3.63) is 77.3 Å². The number of nitrogens with one attached hydrogen (secondary N) is 2. The van der Waals surface area contributed by atoms with Gasteiger partial charge in [-0.25, -0.2) is 4.39 Å². The largest absolute Gasteiger partial charge is 0.360 e. The van der Waals surface area contributed by atoms with Gasteiger partial charge in [0.05, 0.1) is 0 Å². The number of aromatic nitrogens is 1. The highest BCUT2D eigenvalue weighted by molar-refractivity contribution is 6.02. The molecule has 0 fully saturated rings. The predicted octanol–water partition coefficient (Wildman–Crippen LogP) is 2.86. The molecule has 7 heteroatoms. The molecular weight excluding hydrogens is 325 g/mol. The van der Waals surface area contributed by atoms with E-state index < -0.39 is 17.6 Å². The summed E-state index contributed by atoms with van der Waals surface area (Å²) in [5.74, 6) is -1.25. The number of rotatable bonds is 3. The third-order valence-corrected chi connectivity index (χ3v) is 3.53. The Kier molecular flexibility index (Phi) is 4.56. The maximum Gasteiger partial charge on any atom is 0.275 e. The molecule has 3 aromatic rings. The van der Waals surface area contributed by atoms with Gasteiger partial charge in [-0.05, 0) is 31.2 Å². The molecule has 0 aliphatic rings. The lowest BCUT2D eigenvalue weighted by Gasteiger charge is -2.08. The quantitative estimate of drug-likeness (QED) is 0.719. The Balaban J connectivity index is 1.75. The van der Waals surface area contributed by atoms with E-state index in [0.29, 0.717) is 11.5 Å². The fraction of sp³-hybridized carbons (Fsp3) is 0.0556. The number of hydrazine groups is 1. The summed E-state index contributed by atoms with van der Waals surface area (Å²) in [5, 5.41) is 3.91. The fourth-order valence-electron chi connectivity index (χ4n) is 2.28. The van der Waals surface area contributed by atoms with E-state index in [4.69, 9.17) is 4.52 Å². The first-order valence-electron chi connectivity index (χ1n) is 7.44. The fourth-order valence-corrected chi connectivity index (χ4v) is 2.28. The predicted molar refractivity (Wildman–Crippen MR) is 88.0 cm³/mol. The van der Waals surface area contributed by atoms with Crippen LogP contribution in [0.25, 0.3) is 11.3 Å². The lowest BCUT2D eigenvalue weighted by Crippen LogP contribution is -2.41. The Morgan fingerprint density at radius 3 is 2.28 bits per heavy atom. The van der Waals surface area contributed by atoms with Crippen LogP contribution in [0.2, 0.25) is 0 Å². The molecule has 126 valence electrons. The van der Waals surface area contributed by atoms with Crippen molar-refractivity contribution < 1.29 is 18.5 Å². The lowest BCUT2D eigenvalue weighted by atomic mass is 10.1. The van der Waals surface area contributed by atoms with Crippen LogP contribution in [0, 0.1) is 12.7 Å². The molecule has 25 heavy (non-hydrogen) atoms. The summed E-state index contributed by atoms with van der Waals surface area (Å²) in [6.45, 7) is 1.61. The highest BCUT2D eigenvalue weighted by Crippen LogP contribution is 2.24. The maximum atomic E-state index is 12.9. The highest BCUT2D eigenvalue weighted by Gasteiger charge is 2.22. The zero-order valence-electron chi connectivity index (χ0n) is 13.2. The molecule has 0 aliphatic heterocycles. The molecule has 2 N–H and O–H groups in total. The van der Waals surface area contributed by atoms with Gasteiger partial charge in [-0.15, -0.1) is 0 Å². The van der Waals surface area contributed by atoms with E-state index >= 15 is 0 Å². The van der Waals surface area contributed by atoms with Crippen LogP contribution < -0.4 is 10.9 Å². The second-order valence-corrected chi connectivity index (χ2v) is 5.24. The average molecular weight is 339 g/mol. The SMILES string of the molecule is Cc1onc(-c2ccccc2)c1C(=O)NNC(=O)c1ccc(F)cc1. The van der Waals surface area contributed by atoms with Crippen molar-refractivity contribution in [2.75, 3.05) is 0 Å². The van der Waals surface area contributed by atoms with Crippen LogP contribution in [0.5, 0.6) is 0 Å². The molecule has 0 saturated carbocycles. The van der Waals surface area contributed by atoms with Crippen molar-refractivity contribution in [3.8, 4) is 11.3 Å². The first-order valence-corrected chi connectivity index (χ1v) is 7.44. The number of halogens is 1. The van der Waals surface area contributed by atoms with Crippen LogP contribution in [-0.4, -0.2) is 17.0 Å².